The number of unbranched alkanes of at least 4 members (excludes halogenated alkanes) is 26. The van der Waals surface area contributed by atoms with E-state index in [0.717, 1.165) is 148 Å². The molecule has 0 aliphatic heterocycles. The third-order valence-electron chi connectivity index (χ3n) is 13.9. The molecule has 0 radical (unpaired) electrons. The zero-order chi connectivity index (χ0) is 57.8. The Hall–Kier alpha value is -4.45. The van der Waals surface area contributed by atoms with Crippen LogP contribution in [0.2, 0.25) is 0 Å². The molecule has 0 aromatic heterocycles. The maximum Gasteiger partial charge on any atom is 0.306 e. The second kappa shape index (κ2) is 67.1. The van der Waals surface area contributed by atoms with Crippen LogP contribution < -0.4 is 0 Å². The molecule has 80 heavy (non-hydrogen) atoms. The lowest BCUT2D eigenvalue weighted by atomic mass is 10.0. The summed E-state index contributed by atoms with van der Waals surface area (Å²) >= 11 is 0. The zero-order valence-electron chi connectivity index (χ0n) is 52.0. The summed E-state index contributed by atoms with van der Waals surface area (Å²) in [6.45, 7) is 6.37. The molecule has 0 spiro atoms. The fourth-order valence-corrected chi connectivity index (χ4v) is 8.96. The fourth-order valence-electron chi connectivity index (χ4n) is 8.96. The average Bonchev–Trinajstić information content (AvgIpc) is 3.46. The van der Waals surface area contributed by atoms with Crippen molar-refractivity contribution in [2.24, 2.45) is 0 Å². The van der Waals surface area contributed by atoms with Gasteiger partial charge in [0.1, 0.15) is 13.2 Å². The Balaban J connectivity index is 4.18. The fraction of sp³-hybridized carbons (Fsp3) is 0.662. The van der Waals surface area contributed by atoms with Crippen LogP contribution in [0.25, 0.3) is 0 Å². The highest BCUT2D eigenvalue weighted by atomic mass is 16.6. The zero-order valence-corrected chi connectivity index (χ0v) is 52.0. The standard InChI is InChI=1S/C74H122O6/c1-4-7-10-13-16-19-22-25-27-28-29-30-31-32-33-34-35-36-37-38-39-40-41-42-43-44-45-46-48-49-52-55-58-61-64-67-73(76)79-70-71(69-78-72(75)66-63-60-57-54-51-24-21-18-15-12-9-6-3)80-74(77)68-65-62-59-56-53-50-47-26-23-20-17-14-11-8-5-2/h7-8,10-11,16-21,25-27,29-30,32-33,35-36,38-39,47,71H,4-6,9,12-15,22-24,28,31,34,37,40-46,48-70H2,1-3H3/b10-7-,11-8-,19-16-,20-17-,21-18-,27-25-,30-29-,33-32-,36-35-,39-38-,47-26-. The molecule has 0 saturated heterocycles. The van der Waals surface area contributed by atoms with E-state index in [1.54, 1.807) is 0 Å². The highest BCUT2D eigenvalue weighted by Gasteiger charge is 2.19. The van der Waals surface area contributed by atoms with Gasteiger partial charge < -0.3 is 14.2 Å². The van der Waals surface area contributed by atoms with Gasteiger partial charge in [0.15, 0.2) is 6.10 Å². The molecule has 1 atom stereocenters. The first-order valence-corrected chi connectivity index (χ1v) is 33.2. The van der Waals surface area contributed by atoms with E-state index in [4.69, 9.17) is 14.2 Å². The van der Waals surface area contributed by atoms with Crippen LogP contribution in [0.4, 0.5) is 0 Å². The number of carbonyl (C=O) groups is 3. The highest BCUT2D eigenvalue weighted by molar-refractivity contribution is 5.71. The van der Waals surface area contributed by atoms with E-state index in [1.165, 1.54) is 109 Å². The van der Waals surface area contributed by atoms with Gasteiger partial charge in [-0.25, -0.2) is 0 Å². The molecule has 0 aliphatic carbocycles. The molecule has 0 N–H and O–H groups in total. The van der Waals surface area contributed by atoms with Gasteiger partial charge in [0.05, 0.1) is 0 Å². The largest absolute Gasteiger partial charge is 0.462 e. The summed E-state index contributed by atoms with van der Waals surface area (Å²) in [5, 5.41) is 0. The van der Waals surface area contributed by atoms with E-state index >= 15 is 0 Å². The first-order chi connectivity index (χ1) is 39.5. The molecule has 454 valence electrons. The van der Waals surface area contributed by atoms with Crippen molar-refractivity contribution < 1.29 is 28.6 Å². The molecule has 0 aromatic rings. The van der Waals surface area contributed by atoms with Crippen molar-refractivity contribution in [3.8, 4) is 0 Å². The topological polar surface area (TPSA) is 78.9 Å². The molecule has 0 aliphatic rings. The molecule has 0 saturated carbocycles. The maximum atomic E-state index is 12.9. The predicted molar refractivity (Wildman–Crippen MR) is 348 cm³/mol. The quantitative estimate of drug-likeness (QED) is 0.0261. The molecular weight excluding hydrogens is 985 g/mol. The summed E-state index contributed by atoms with van der Waals surface area (Å²) in [6.07, 6.45) is 94.7. The summed E-state index contributed by atoms with van der Waals surface area (Å²) in [6, 6.07) is 0. The molecule has 0 aromatic carbocycles. The van der Waals surface area contributed by atoms with Crippen molar-refractivity contribution >= 4 is 17.9 Å². The highest BCUT2D eigenvalue weighted by Crippen LogP contribution is 2.16. The van der Waals surface area contributed by atoms with Crippen LogP contribution in [-0.2, 0) is 28.6 Å². The number of esters is 3. The van der Waals surface area contributed by atoms with Crippen molar-refractivity contribution in [3.63, 3.8) is 0 Å². The summed E-state index contributed by atoms with van der Waals surface area (Å²) in [7, 11) is 0. The number of ether oxygens (including phenoxy) is 3. The average molecular weight is 1110 g/mol. The van der Waals surface area contributed by atoms with Crippen LogP contribution in [0.5, 0.6) is 0 Å². The van der Waals surface area contributed by atoms with Gasteiger partial charge in [0.25, 0.3) is 0 Å². The maximum absolute atomic E-state index is 12.9. The van der Waals surface area contributed by atoms with E-state index in [2.05, 4.69) is 154 Å². The van der Waals surface area contributed by atoms with E-state index in [0.29, 0.717) is 19.3 Å². The van der Waals surface area contributed by atoms with Gasteiger partial charge in [0, 0.05) is 19.3 Å². The van der Waals surface area contributed by atoms with Gasteiger partial charge in [-0.05, 0) is 135 Å². The molecule has 1 unspecified atom stereocenters. The van der Waals surface area contributed by atoms with Crippen LogP contribution in [0, 0.1) is 0 Å². The Morgan fingerprint density at radius 2 is 0.487 bits per heavy atom. The Kier molecular flexibility index (Phi) is 63.3. The third-order valence-corrected chi connectivity index (χ3v) is 13.9. The number of rotatable bonds is 59. The Morgan fingerprint density at radius 1 is 0.263 bits per heavy atom. The van der Waals surface area contributed by atoms with Gasteiger partial charge >= 0.3 is 17.9 Å². The minimum absolute atomic E-state index is 0.0895. The van der Waals surface area contributed by atoms with Crippen molar-refractivity contribution in [3.05, 3.63) is 134 Å². The molecule has 0 bridgehead atoms. The Morgan fingerprint density at radius 3 is 0.775 bits per heavy atom. The van der Waals surface area contributed by atoms with E-state index < -0.39 is 6.10 Å². The van der Waals surface area contributed by atoms with Crippen molar-refractivity contribution in [2.75, 3.05) is 13.2 Å². The predicted octanol–water partition coefficient (Wildman–Crippen LogP) is 22.9. The van der Waals surface area contributed by atoms with Crippen molar-refractivity contribution in [1.29, 1.82) is 0 Å². The van der Waals surface area contributed by atoms with Gasteiger partial charge in [0.2, 0.25) is 0 Å². The smallest absolute Gasteiger partial charge is 0.306 e. The summed E-state index contributed by atoms with van der Waals surface area (Å²) < 4.78 is 16.9. The lowest BCUT2D eigenvalue weighted by molar-refractivity contribution is -0.167. The van der Waals surface area contributed by atoms with Crippen molar-refractivity contribution in [1.82, 2.24) is 0 Å². The van der Waals surface area contributed by atoms with E-state index in [9.17, 15) is 14.4 Å². The summed E-state index contributed by atoms with van der Waals surface area (Å²) in [5.74, 6) is -0.914. The van der Waals surface area contributed by atoms with E-state index in [-0.39, 0.29) is 31.1 Å². The van der Waals surface area contributed by atoms with E-state index in [1.807, 2.05) is 0 Å². The van der Waals surface area contributed by atoms with Crippen LogP contribution in [0.1, 0.15) is 297 Å². The van der Waals surface area contributed by atoms with Crippen LogP contribution in [-0.4, -0.2) is 37.2 Å². The molecule has 0 amide bonds. The Labute approximate surface area is 494 Å². The van der Waals surface area contributed by atoms with Crippen LogP contribution >= 0.6 is 0 Å². The molecular formula is C74H122O6. The minimum atomic E-state index is -0.794. The first kappa shape index (κ1) is 75.5. The van der Waals surface area contributed by atoms with Gasteiger partial charge in [-0.1, -0.05) is 276 Å². The SMILES string of the molecule is CC/C=C\C/C=C\C/C=C\C/C=C\C/C=C\C/C=C\C/C=C\CCCCCCCCCCCCCCCC(=O)OCC(COC(=O)CCCCCCC/C=C\CCCCC)OC(=O)CCCCCCC/C=C\C/C=C\C/C=C\CC. The van der Waals surface area contributed by atoms with Gasteiger partial charge in [-0.2, -0.15) is 0 Å². The molecule has 0 rings (SSSR count). The van der Waals surface area contributed by atoms with Crippen molar-refractivity contribution in [2.45, 2.75) is 303 Å². The summed E-state index contributed by atoms with van der Waals surface area (Å²) in [5.41, 5.74) is 0. The van der Waals surface area contributed by atoms with Crippen LogP contribution in [0.15, 0.2) is 134 Å². The molecule has 0 heterocycles. The number of hydrogen-bond donors (Lipinski definition) is 0. The van der Waals surface area contributed by atoms with Gasteiger partial charge in [-0.3, -0.25) is 14.4 Å². The second-order valence-electron chi connectivity index (χ2n) is 21.6. The second-order valence-corrected chi connectivity index (χ2v) is 21.6. The van der Waals surface area contributed by atoms with Gasteiger partial charge in [-0.15, -0.1) is 0 Å². The normalized spacial score (nSPS) is 13.0. The minimum Gasteiger partial charge on any atom is -0.462 e. The number of carbonyl (C=O) groups excluding carboxylic acids is 3. The third kappa shape index (κ3) is 64.4. The van der Waals surface area contributed by atoms with Crippen LogP contribution in [0.3, 0.4) is 0 Å². The number of allylic oxidation sites excluding steroid dienone is 22. The molecule has 0 fully saturated rings. The molecule has 6 nitrogen and oxygen atoms in total. The Bertz CT molecular complexity index is 1700. The lowest BCUT2D eigenvalue weighted by Gasteiger charge is -2.18. The summed E-state index contributed by atoms with van der Waals surface area (Å²) in [4.78, 5) is 38.2. The number of hydrogen-bond acceptors (Lipinski definition) is 6. The monoisotopic (exact) mass is 1110 g/mol. The molecule has 6 heteroatoms. The lowest BCUT2D eigenvalue weighted by Crippen LogP contribution is -2.30. The first-order valence-electron chi connectivity index (χ1n) is 33.2.